The van der Waals surface area contributed by atoms with Crippen molar-refractivity contribution >= 4 is 11.0 Å². The number of hydrogen-bond donors (Lipinski definition) is 0. The molecule has 0 aliphatic heterocycles. The van der Waals surface area contributed by atoms with E-state index in [9.17, 15) is 0 Å². The van der Waals surface area contributed by atoms with Crippen molar-refractivity contribution in [1.82, 2.24) is 24.5 Å². The summed E-state index contributed by atoms with van der Waals surface area (Å²) in [4.78, 5) is 19.8. The van der Waals surface area contributed by atoms with Crippen molar-refractivity contribution in [2.45, 2.75) is 0 Å². The molecule has 5 nitrogen and oxygen atoms in total. The number of benzene rings is 7. The Hall–Kier alpha value is -6.98. The van der Waals surface area contributed by atoms with Crippen LogP contribution >= 0.6 is 0 Å². The lowest BCUT2D eigenvalue weighted by Gasteiger charge is -2.13. The molecule has 0 saturated heterocycles. The van der Waals surface area contributed by atoms with Crippen LogP contribution in [0.15, 0.2) is 188 Å². The van der Waals surface area contributed by atoms with Gasteiger partial charge in [0.1, 0.15) is 5.82 Å². The van der Waals surface area contributed by atoms with Gasteiger partial charge in [-0.15, -0.1) is 0 Å². The minimum Gasteiger partial charge on any atom is -0.292 e. The van der Waals surface area contributed by atoms with Crippen molar-refractivity contribution in [3.63, 3.8) is 0 Å². The van der Waals surface area contributed by atoms with Crippen LogP contribution in [-0.4, -0.2) is 24.5 Å². The fourth-order valence-corrected chi connectivity index (χ4v) is 6.55. The lowest BCUT2D eigenvalue weighted by molar-refractivity contribution is 1.07. The molecule has 51 heavy (non-hydrogen) atoms. The van der Waals surface area contributed by atoms with Crippen LogP contribution in [0, 0.1) is 0 Å². The van der Waals surface area contributed by atoms with Crippen LogP contribution in [0.2, 0.25) is 0 Å². The van der Waals surface area contributed by atoms with Crippen LogP contribution in [0.1, 0.15) is 0 Å². The van der Waals surface area contributed by atoms with Gasteiger partial charge in [-0.1, -0.05) is 152 Å². The van der Waals surface area contributed by atoms with Crippen LogP contribution in [0.4, 0.5) is 0 Å². The number of hydrogen-bond acceptors (Lipinski definition) is 4. The topological polar surface area (TPSA) is 56.5 Å². The van der Waals surface area contributed by atoms with E-state index >= 15 is 0 Å². The third-order valence-corrected chi connectivity index (χ3v) is 9.05. The second-order valence-corrected chi connectivity index (χ2v) is 12.4. The predicted octanol–water partition coefficient (Wildman–Crippen LogP) is 11.2. The molecule has 0 aliphatic rings. The van der Waals surface area contributed by atoms with Gasteiger partial charge in [-0.25, -0.2) is 19.9 Å². The first-order valence-corrected chi connectivity index (χ1v) is 17.0. The molecule has 0 radical (unpaired) electrons. The van der Waals surface area contributed by atoms with Gasteiger partial charge in [0.15, 0.2) is 17.5 Å². The zero-order chi connectivity index (χ0) is 34.0. The quantitative estimate of drug-likeness (QED) is 0.172. The molecule has 0 N–H and O–H groups in total. The summed E-state index contributed by atoms with van der Waals surface area (Å²) in [5.41, 5.74) is 11.4. The molecule has 240 valence electrons. The van der Waals surface area contributed by atoms with Gasteiger partial charge in [0.2, 0.25) is 0 Å². The van der Waals surface area contributed by atoms with Crippen LogP contribution < -0.4 is 0 Å². The summed E-state index contributed by atoms with van der Waals surface area (Å²) in [5, 5.41) is 0. The molecule has 0 aliphatic carbocycles. The molecule has 0 saturated carbocycles. The maximum atomic E-state index is 5.04. The van der Waals surface area contributed by atoms with Gasteiger partial charge in [-0.3, -0.25) is 4.57 Å². The smallest absolute Gasteiger partial charge is 0.164 e. The first kappa shape index (κ1) is 30.1. The van der Waals surface area contributed by atoms with E-state index in [1.807, 2.05) is 72.8 Å². The second kappa shape index (κ2) is 13.1. The summed E-state index contributed by atoms with van der Waals surface area (Å²) in [6, 6.07) is 64.6. The fourth-order valence-electron chi connectivity index (χ4n) is 6.55. The average molecular weight is 654 g/mol. The van der Waals surface area contributed by atoms with Gasteiger partial charge in [0.25, 0.3) is 0 Å². The highest BCUT2D eigenvalue weighted by molar-refractivity contribution is 5.84. The zero-order valence-electron chi connectivity index (χ0n) is 27.6. The van der Waals surface area contributed by atoms with Crippen molar-refractivity contribution in [3.05, 3.63) is 188 Å². The molecule has 7 aromatic carbocycles. The number of fused-ring (bicyclic) bond motifs is 1. The molecule has 0 bridgehead atoms. The van der Waals surface area contributed by atoms with Crippen LogP contribution in [0.25, 0.3) is 84.5 Å². The molecule has 0 spiro atoms. The number of rotatable bonds is 7. The number of para-hydroxylation sites is 2. The van der Waals surface area contributed by atoms with Gasteiger partial charge in [-0.2, -0.15) is 0 Å². The molecule has 0 atom stereocenters. The van der Waals surface area contributed by atoms with Gasteiger partial charge in [-0.05, 0) is 58.7 Å². The predicted molar refractivity (Wildman–Crippen MR) is 207 cm³/mol. The van der Waals surface area contributed by atoms with Gasteiger partial charge in [0.05, 0.1) is 11.0 Å². The Morgan fingerprint density at radius 3 is 1.29 bits per heavy atom. The van der Waals surface area contributed by atoms with E-state index in [2.05, 4.69) is 120 Å². The molecule has 5 heteroatoms. The van der Waals surface area contributed by atoms with Crippen molar-refractivity contribution < 1.29 is 0 Å². The van der Waals surface area contributed by atoms with E-state index in [4.69, 9.17) is 19.9 Å². The van der Waals surface area contributed by atoms with Gasteiger partial charge >= 0.3 is 0 Å². The van der Waals surface area contributed by atoms with Crippen molar-refractivity contribution in [2.75, 3.05) is 0 Å². The van der Waals surface area contributed by atoms with Crippen LogP contribution in [0.5, 0.6) is 0 Å². The maximum Gasteiger partial charge on any atom is 0.164 e. The standard InChI is InChI=1S/C46H31N5/c1-4-15-32(16-5-1)43-48-44(33-17-6-2-7-18-33)50-45(49-43)39-25-13-23-37(30-39)35-21-12-22-36(29-35)38-24-14-26-40(31-38)51-42-28-11-10-27-41(42)47-46(51)34-19-8-3-9-20-34/h1-31H. The zero-order valence-corrected chi connectivity index (χ0v) is 27.6. The summed E-state index contributed by atoms with van der Waals surface area (Å²) in [7, 11) is 0. The molecular formula is C46H31N5. The summed E-state index contributed by atoms with van der Waals surface area (Å²) in [6.07, 6.45) is 0. The highest BCUT2D eigenvalue weighted by Gasteiger charge is 2.16. The molecule has 9 aromatic rings. The summed E-state index contributed by atoms with van der Waals surface area (Å²) < 4.78 is 2.25. The van der Waals surface area contributed by atoms with E-state index in [-0.39, 0.29) is 0 Å². The summed E-state index contributed by atoms with van der Waals surface area (Å²) in [6.45, 7) is 0. The Morgan fingerprint density at radius 2 is 0.706 bits per heavy atom. The number of nitrogens with zero attached hydrogens (tertiary/aromatic N) is 5. The Bertz CT molecular complexity index is 2570. The first-order valence-electron chi connectivity index (χ1n) is 17.0. The second-order valence-electron chi connectivity index (χ2n) is 12.4. The van der Waals surface area contributed by atoms with Crippen molar-refractivity contribution in [1.29, 1.82) is 0 Å². The molecule has 2 heterocycles. The fraction of sp³-hybridized carbons (Fsp3) is 0. The van der Waals surface area contributed by atoms with Crippen molar-refractivity contribution in [2.24, 2.45) is 0 Å². The molecular weight excluding hydrogens is 623 g/mol. The van der Waals surface area contributed by atoms with E-state index < -0.39 is 0 Å². The van der Waals surface area contributed by atoms with E-state index in [0.717, 1.165) is 67.1 Å². The van der Waals surface area contributed by atoms with E-state index in [1.165, 1.54) is 0 Å². The average Bonchev–Trinajstić information content (AvgIpc) is 3.62. The number of imidazole rings is 1. The summed E-state index contributed by atoms with van der Waals surface area (Å²) in [5.74, 6) is 2.85. The third-order valence-electron chi connectivity index (χ3n) is 9.05. The Balaban J connectivity index is 1.10. The van der Waals surface area contributed by atoms with E-state index in [0.29, 0.717) is 17.5 Å². The maximum absolute atomic E-state index is 5.04. The molecule has 9 rings (SSSR count). The Morgan fingerprint density at radius 1 is 0.294 bits per heavy atom. The normalized spacial score (nSPS) is 11.1. The lowest BCUT2D eigenvalue weighted by Crippen LogP contribution is -2.00. The lowest BCUT2D eigenvalue weighted by atomic mass is 9.97. The van der Waals surface area contributed by atoms with Gasteiger partial charge in [0, 0.05) is 27.9 Å². The minimum absolute atomic E-state index is 0.634. The largest absolute Gasteiger partial charge is 0.292 e. The molecule has 0 unspecified atom stereocenters. The minimum atomic E-state index is 0.634. The highest BCUT2D eigenvalue weighted by Crippen LogP contribution is 2.33. The Labute approximate surface area is 296 Å². The molecule has 0 amide bonds. The van der Waals surface area contributed by atoms with Crippen LogP contribution in [-0.2, 0) is 0 Å². The monoisotopic (exact) mass is 653 g/mol. The molecule has 0 fully saturated rings. The van der Waals surface area contributed by atoms with Crippen molar-refractivity contribution in [3.8, 4) is 73.5 Å². The first-order chi connectivity index (χ1) is 25.3. The van der Waals surface area contributed by atoms with Gasteiger partial charge < -0.3 is 0 Å². The summed E-state index contributed by atoms with van der Waals surface area (Å²) >= 11 is 0. The SMILES string of the molecule is c1ccc(-c2nc(-c3ccccc3)nc(-c3cccc(-c4cccc(-c5cccc(-n6c(-c7ccccc7)nc7ccccc76)c5)c4)c3)n2)cc1. The van der Waals surface area contributed by atoms with Crippen LogP contribution in [0.3, 0.4) is 0 Å². The highest BCUT2D eigenvalue weighted by atomic mass is 15.1. The van der Waals surface area contributed by atoms with E-state index in [1.54, 1.807) is 0 Å². The third kappa shape index (κ3) is 5.98. The molecule has 2 aromatic heterocycles. The number of aromatic nitrogens is 5. The Kier molecular flexibility index (Phi) is 7.76.